The van der Waals surface area contributed by atoms with Gasteiger partial charge in [-0.1, -0.05) is 0 Å². The van der Waals surface area contributed by atoms with Gasteiger partial charge in [-0.2, -0.15) is 0 Å². The first-order valence-corrected chi connectivity index (χ1v) is 9.08. The molecule has 4 bridgehead atoms. The van der Waals surface area contributed by atoms with Crippen molar-refractivity contribution in [2.75, 3.05) is 13.7 Å². The minimum absolute atomic E-state index is 0.0562. The quantitative estimate of drug-likeness (QED) is 0.911. The van der Waals surface area contributed by atoms with Crippen molar-refractivity contribution in [3.63, 3.8) is 0 Å². The molecule has 0 saturated heterocycles. The summed E-state index contributed by atoms with van der Waals surface area (Å²) in [4.78, 5) is 12.5. The van der Waals surface area contributed by atoms with Crippen molar-refractivity contribution in [1.82, 2.24) is 5.32 Å². The molecule has 4 saturated carbocycles. The number of carbonyl (C=O) groups is 1. The Balaban J connectivity index is 1.42. The van der Waals surface area contributed by atoms with Crippen LogP contribution in [0.25, 0.3) is 0 Å². The van der Waals surface area contributed by atoms with E-state index in [-0.39, 0.29) is 5.91 Å². The molecule has 0 aromatic heterocycles. The average molecular weight is 313 g/mol. The molecule has 1 amide bonds. The number of carbonyl (C=O) groups excluding carboxylic acids is 1. The molecule has 23 heavy (non-hydrogen) atoms. The summed E-state index contributed by atoms with van der Waals surface area (Å²) < 4.78 is 5.16. The lowest BCUT2D eigenvalue weighted by atomic mass is 9.61. The third-order valence-corrected chi connectivity index (χ3v) is 6.50. The highest BCUT2D eigenvalue weighted by atomic mass is 16.5. The van der Waals surface area contributed by atoms with Crippen LogP contribution in [0, 0.1) is 23.2 Å². The lowest BCUT2D eigenvalue weighted by molar-refractivity contribution is 0.0614. The number of hydrogen-bond donors (Lipinski definition) is 1. The predicted molar refractivity (Wildman–Crippen MR) is 90.5 cm³/mol. The van der Waals surface area contributed by atoms with E-state index in [4.69, 9.17) is 4.74 Å². The van der Waals surface area contributed by atoms with Crippen molar-refractivity contribution in [3.8, 4) is 5.75 Å². The molecule has 4 atom stereocenters. The van der Waals surface area contributed by atoms with Crippen LogP contribution in [-0.2, 0) is 0 Å². The van der Waals surface area contributed by atoms with Crippen LogP contribution in [0.3, 0.4) is 0 Å². The van der Waals surface area contributed by atoms with Crippen molar-refractivity contribution in [2.45, 2.75) is 44.9 Å². The first-order chi connectivity index (χ1) is 11.2. The number of fused-ring (bicyclic) bond motifs is 1. The van der Waals surface area contributed by atoms with E-state index in [2.05, 4.69) is 5.32 Å². The van der Waals surface area contributed by atoms with Crippen LogP contribution in [0.2, 0.25) is 0 Å². The van der Waals surface area contributed by atoms with Crippen molar-refractivity contribution in [2.24, 2.45) is 23.2 Å². The Morgan fingerprint density at radius 2 is 1.78 bits per heavy atom. The van der Waals surface area contributed by atoms with Gasteiger partial charge in [0, 0.05) is 12.1 Å². The van der Waals surface area contributed by atoms with Crippen molar-refractivity contribution < 1.29 is 9.53 Å². The Hall–Kier alpha value is -1.51. The van der Waals surface area contributed by atoms with Crippen LogP contribution in [0.5, 0.6) is 5.75 Å². The molecule has 1 aromatic rings. The predicted octanol–water partition coefficient (Wildman–Crippen LogP) is 4.03. The van der Waals surface area contributed by atoms with Crippen molar-refractivity contribution in [1.29, 1.82) is 0 Å². The maximum absolute atomic E-state index is 12.5. The van der Waals surface area contributed by atoms with Crippen LogP contribution in [-0.4, -0.2) is 19.6 Å². The van der Waals surface area contributed by atoms with Gasteiger partial charge in [0.25, 0.3) is 5.91 Å². The van der Waals surface area contributed by atoms with E-state index in [1.165, 1.54) is 44.9 Å². The Labute approximate surface area is 138 Å². The molecule has 4 aliphatic rings. The number of methoxy groups -OCH3 is 1. The summed E-state index contributed by atoms with van der Waals surface area (Å²) in [5.74, 6) is 3.67. The normalized spacial score (nSPS) is 34.9. The molecule has 1 aromatic carbocycles. The van der Waals surface area contributed by atoms with Crippen LogP contribution in [0.4, 0.5) is 0 Å². The molecule has 3 nitrogen and oxygen atoms in total. The number of benzene rings is 1. The molecule has 2 unspecified atom stereocenters. The maximum Gasteiger partial charge on any atom is 0.251 e. The van der Waals surface area contributed by atoms with E-state index in [0.29, 0.717) is 5.41 Å². The van der Waals surface area contributed by atoms with E-state index in [1.807, 2.05) is 24.3 Å². The van der Waals surface area contributed by atoms with E-state index in [9.17, 15) is 4.79 Å². The molecular weight excluding hydrogens is 286 g/mol. The number of hydrogen-bond acceptors (Lipinski definition) is 2. The van der Waals surface area contributed by atoms with Crippen molar-refractivity contribution >= 4 is 5.91 Å². The van der Waals surface area contributed by atoms with E-state index in [0.717, 1.165) is 35.6 Å². The molecular formula is C20H27NO2. The lowest BCUT2D eigenvalue weighted by Gasteiger charge is -2.45. The van der Waals surface area contributed by atoms with Crippen molar-refractivity contribution in [3.05, 3.63) is 29.8 Å². The van der Waals surface area contributed by atoms with Gasteiger partial charge in [-0.15, -0.1) is 0 Å². The molecule has 0 radical (unpaired) electrons. The third kappa shape index (κ3) is 2.98. The summed E-state index contributed by atoms with van der Waals surface area (Å²) in [6.45, 7) is 0.859. The molecule has 0 aliphatic heterocycles. The average Bonchev–Trinajstić information content (AvgIpc) is 2.77. The Bertz CT molecular complexity index is 566. The fourth-order valence-corrected chi connectivity index (χ4v) is 5.64. The van der Waals surface area contributed by atoms with Gasteiger partial charge >= 0.3 is 0 Å². The zero-order chi connectivity index (χ0) is 15.9. The highest BCUT2D eigenvalue weighted by molar-refractivity contribution is 5.94. The monoisotopic (exact) mass is 313 g/mol. The van der Waals surface area contributed by atoms with E-state index in [1.54, 1.807) is 7.11 Å². The summed E-state index contributed by atoms with van der Waals surface area (Å²) >= 11 is 0. The van der Waals surface area contributed by atoms with Crippen LogP contribution >= 0.6 is 0 Å². The molecule has 3 heteroatoms. The van der Waals surface area contributed by atoms with E-state index < -0.39 is 0 Å². The fraction of sp³-hybridized carbons (Fsp3) is 0.650. The first-order valence-electron chi connectivity index (χ1n) is 9.08. The fourth-order valence-electron chi connectivity index (χ4n) is 5.64. The molecule has 5 rings (SSSR count). The minimum atomic E-state index is 0.0562. The van der Waals surface area contributed by atoms with Crippen LogP contribution in [0.1, 0.15) is 55.3 Å². The van der Waals surface area contributed by atoms with Gasteiger partial charge in [0.15, 0.2) is 0 Å². The van der Waals surface area contributed by atoms with Crippen LogP contribution in [0.15, 0.2) is 24.3 Å². The first kappa shape index (κ1) is 15.0. The second-order valence-electron chi connectivity index (χ2n) is 8.16. The summed E-state index contributed by atoms with van der Waals surface area (Å²) in [5.41, 5.74) is 1.11. The van der Waals surface area contributed by atoms with Gasteiger partial charge < -0.3 is 10.1 Å². The summed E-state index contributed by atoms with van der Waals surface area (Å²) in [6.07, 6.45) is 9.71. The number of ether oxygens (including phenoxy) is 1. The van der Waals surface area contributed by atoms with Gasteiger partial charge in [-0.25, -0.2) is 0 Å². The second kappa shape index (κ2) is 5.85. The smallest absolute Gasteiger partial charge is 0.251 e. The lowest BCUT2D eigenvalue weighted by Crippen LogP contribution is -2.42. The number of nitrogens with one attached hydrogen (secondary N) is 1. The van der Waals surface area contributed by atoms with Gasteiger partial charge in [-0.05, 0) is 92.4 Å². The number of amides is 1. The summed E-state index contributed by atoms with van der Waals surface area (Å²) in [6, 6.07) is 7.40. The van der Waals surface area contributed by atoms with Gasteiger partial charge in [-0.3, -0.25) is 4.79 Å². The second-order valence-corrected chi connectivity index (χ2v) is 8.16. The molecule has 4 fully saturated rings. The zero-order valence-corrected chi connectivity index (χ0v) is 14.0. The van der Waals surface area contributed by atoms with Gasteiger partial charge in [0.1, 0.15) is 5.75 Å². The highest BCUT2D eigenvalue weighted by Crippen LogP contribution is 2.56. The molecule has 0 heterocycles. The maximum atomic E-state index is 12.5. The minimum Gasteiger partial charge on any atom is -0.497 e. The third-order valence-electron chi connectivity index (χ3n) is 6.50. The molecule has 124 valence electrons. The molecule has 4 aliphatic carbocycles. The number of rotatable bonds is 4. The largest absolute Gasteiger partial charge is 0.497 e. The van der Waals surface area contributed by atoms with Gasteiger partial charge in [0.2, 0.25) is 0 Å². The topological polar surface area (TPSA) is 38.3 Å². The molecule has 1 N–H and O–H groups in total. The Morgan fingerprint density at radius 3 is 2.43 bits per heavy atom. The zero-order valence-electron chi connectivity index (χ0n) is 14.0. The summed E-state index contributed by atoms with van der Waals surface area (Å²) in [7, 11) is 1.64. The highest BCUT2D eigenvalue weighted by Gasteiger charge is 2.47. The SMILES string of the molecule is COc1ccc(C(=O)NCC23CCC4C[C@H](C[C@H](C4)C2)C3)cc1. The standard InChI is InChI=1S/C20H27NO2/c1-23-18-4-2-17(3-5-18)19(22)21-13-20-7-6-14-8-15(11-20)10-16(9-14)12-20/h2-5,14-16H,6-13H2,1H3,(H,21,22)/t14?,15-,16+,20?. The van der Waals surface area contributed by atoms with E-state index >= 15 is 0 Å². The van der Waals surface area contributed by atoms with Crippen LogP contribution < -0.4 is 10.1 Å². The summed E-state index contributed by atoms with van der Waals surface area (Å²) in [5, 5.41) is 3.24. The molecule has 0 spiro atoms. The Kier molecular flexibility index (Phi) is 3.82. The van der Waals surface area contributed by atoms with Gasteiger partial charge in [0.05, 0.1) is 7.11 Å². The Morgan fingerprint density at radius 1 is 1.13 bits per heavy atom.